The standard InChI is InChI=1S/C19H24N6O2/c1-24(2)19-22-17(20-11-13-6-8-14(26-3)9-7-13)16-18(23-19)25(12-21-16)15-5-4-10-27-15/h6-9,12,15H,4-5,10-11H2,1-3H3,(H,20,22,23). The lowest BCUT2D eigenvalue weighted by Crippen LogP contribution is -2.15. The molecule has 0 bridgehead atoms. The van der Waals surface area contributed by atoms with Crippen LogP contribution in [-0.4, -0.2) is 47.3 Å². The van der Waals surface area contributed by atoms with Crippen molar-refractivity contribution in [3.8, 4) is 5.75 Å². The van der Waals surface area contributed by atoms with E-state index in [1.807, 2.05) is 47.8 Å². The zero-order valence-corrected chi connectivity index (χ0v) is 15.8. The Hall–Kier alpha value is -2.87. The Morgan fingerprint density at radius 2 is 2.07 bits per heavy atom. The molecule has 3 heterocycles. The topological polar surface area (TPSA) is 77.3 Å². The number of benzene rings is 1. The molecule has 0 saturated carbocycles. The van der Waals surface area contributed by atoms with Crippen molar-refractivity contribution in [2.75, 3.05) is 38.0 Å². The second-order valence-corrected chi connectivity index (χ2v) is 6.76. The first-order valence-corrected chi connectivity index (χ1v) is 9.06. The molecule has 0 amide bonds. The van der Waals surface area contributed by atoms with Crippen molar-refractivity contribution in [1.29, 1.82) is 0 Å². The van der Waals surface area contributed by atoms with E-state index in [4.69, 9.17) is 14.5 Å². The van der Waals surface area contributed by atoms with Crippen LogP contribution in [0.4, 0.5) is 11.8 Å². The lowest BCUT2D eigenvalue weighted by atomic mass is 10.2. The smallest absolute Gasteiger partial charge is 0.228 e. The maximum absolute atomic E-state index is 5.81. The summed E-state index contributed by atoms with van der Waals surface area (Å²) in [5.74, 6) is 2.20. The van der Waals surface area contributed by atoms with Gasteiger partial charge in [0.1, 0.15) is 12.0 Å². The van der Waals surface area contributed by atoms with E-state index in [9.17, 15) is 0 Å². The predicted octanol–water partition coefficient (Wildman–Crippen LogP) is 2.82. The highest BCUT2D eigenvalue weighted by Crippen LogP contribution is 2.29. The van der Waals surface area contributed by atoms with Gasteiger partial charge in [0, 0.05) is 27.2 Å². The van der Waals surface area contributed by atoms with Gasteiger partial charge in [-0.2, -0.15) is 9.97 Å². The summed E-state index contributed by atoms with van der Waals surface area (Å²) < 4.78 is 13.0. The average molecular weight is 368 g/mol. The molecule has 1 aliphatic rings. The van der Waals surface area contributed by atoms with Crippen LogP contribution >= 0.6 is 0 Å². The van der Waals surface area contributed by atoms with Gasteiger partial charge in [0.05, 0.1) is 13.4 Å². The molecule has 1 aliphatic heterocycles. The number of nitrogens with one attached hydrogen (secondary N) is 1. The molecule has 3 aromatic rings. The van der Waals surface area contributed by atoms with Crippen molar-refractivity contribution < 1.29 is 9.47 Å². The van der Waals surface area contributed by atoms with E-state index in [0.29, 0.717) is 12.5 Å². The molecular formula is C19H24N6O2. The summed E-state index contributed by atoms with van der Waals surface area (Å²) in [7, 11) is 5.53. The first kappa shape index (κ1) is 17.5. The number of fused-ring (bicyclic) bond motifs is 1. The number of ether oxygens (including phenoxy) is 2. The van der Waals surface area contributed by atoms with Crippen molar-refractivity contribution in [2.24, 2.45) is 0 Å². The zero-order chi connectivity index (χ0) is 18.8. The number of nitrogens with zero attached hydrogens (tertiary/aromatic N) is 5. The molecule has 0 spiro atoms. The fraction of sp³-hybridized carbons (Fsp3) is 0.421. The van der Waals surface area contributed by atoms with Crippen molar-refractivity contribution in [3.63, 3.8) is 0 Å². The molecule has 0 radical (unpaired) electrons. The third kappa shape index (κ3) is 3.52. The lowest BCUT2D eigenvalue weighted by Gasteiger charge is -2.15. The number of aromatic nitrogens is 4. The van der Waals surface area contributed by atoms with E-state index in [1.54, 1.807) is 13.4 Å². The van der Waals surface area contributed by atoms with Crippen molar-refractivity contribution >= 4 is 22.9 Å². The second-order valence-electron chi connectivity index (χ2n) is 6.76. The Labute approximate surface area is 158 Å². The van der Waals surface area contributed by atoms with E-state index in [-0.39, 0.29) is 6.23 Å². The van der Waals surface area contributed by atoms with Crippen LogP contribution in [0.15, 0.2) is 30.6 Å². The van der Waals surface area contributed by atoms with Crippen molar-refractivity contribution in [1.82, 2.24) is 19.5 Å². The summed E-state index contributed by atoms with van der Waals surface area (Å²) in [4.78, 5) is 15.8. The van der Waals surface area contributed by atoms with Gasteiger partial charge in [-0.3, -0.25) is 4.57 Å². The molecular weight excluding hydrogens is 344 g/mol. The van der Waals surface area contributed by atoms with E-state index in [1.165, 1.54) is 0 Å². The van der Waals surface area contributed by atoms with Crippen molar-refractivity contribution in [3.05, 3.63) is 36.2 Å². The average Bonchev–Trinajstić information content (AvgIpc) is 3.35. The summed E-state index contributed by atoms with van der Waals surface area (Å²) in [6.07, 6.45) is 3.82. The van der Waals surface area contributed by atoms with Gasteiger partial charge < -0.3 is 19.7 Å². The summed E-state index contributed by atoms with van der Waals surface area (Å²) >= 11 is 0. The van der Waals surface area contributed by atoms with Crippen LogP contribution in [0.5, 0.6) is 5.75 Å². The summed E-state index contributed by atoms with van der Waals surface area (Å²) in [5, 5.41) is 3.41. The molecule has 1 unspecified atom stereocenters. The Kier molecular flexibility index (Phi) is 4.81. The number of anilines is 2. The summed E-state index contributed by atoms with van der Waals surface area (Å²) in [6.45, 7) is 1.41. The Bertz CT molecular complexity index is 916. The zero-order valence-electron chi connectivity index (χ0n) is 15.8. The molecule has 1 atom stereocenters. The Balaban J connectivity index is 1.65. The fourth-order valence-corrected chi connectivity index (χ4v) is 3.15. The van der Waals surface area contributed by atoms with E-state index < -0.39 is 0 Å². The first-order valence-electron chi connectivity index (χ1n) is 9.06. The van der Waals surface area contributed by atoms with Crippen LogP contribution in [-0.2, 0) is 11.3 Å². The maximum atomic E-state index is 5.81. The van der Waals surface area contributed by atoms with Gasteiger partial charge in [0.25, 0.3) is 0 Å². The van der Waals surface area contributed by atoms with Gasteiger partial charge in [-0.1, -0.05) is 12.1 Å². The number of hydrogen-bond acceptors (Lipinski definition) is 7. The molecule has 142 valence electrons. The van der Waals surface area contributed by atoms with Gasteiger partial charge in [-0.15, -0.1) is 0 Å². The molecule has 4 rings (SSSR count). The molecule has 0 aliphatic carbocycles. The van der Waals surface area contributed by atoms with Crippen LogP contribution in [0.3, 0.4) is 0 Å². The number of imidazole rings is 1. The van der Waals surface area contributed by atoms with Crippen LogP contribution in [0, 0.1) is 0 Å². The molecule has 1 N–H and O–H groups in total. The maximum Gasteiger partial charge on any atom is 0.228 e. The molecule has 2 aromatic heterocycles. The van der Waals surface area contributed by atoms with Crippen LogP contribution in [0.2, 0.25) is 0 Å². The highest BCUT2D eigenvalue weighted by atomic mass is 16.5. The van der Waals surface area contributed by atoms with E-state index in [0.717, 1.165) is 47.7 Å². The van der Waals surface area contributed by atoms with Gasteiger partial charge >= 0.3 is 0 Å². The Morgan fingerprint density at radius 1 is 1.26 bits per heavy atom. The van der Waals surface area contributed by atoms with Gasteiger partial charge in [0.2, 0.25) is 5.95 Å². The highest BCUT2D eigenvalue weighted by molar-refractivity contribution is 5.84. The highest BCUT2D eigenvalue weighted by Gasteiger charge is 2.22. The molecule has 1 saturated heterocycles. The minimum atomic E-state index is -0.00523. The largest absolute Gasteiger partial charge is 0.497 e. The number of hydrogen-bond donors (Lipinski definition) is 1. The SMILES string of the molecule is COc1ccc(CNc2nc(N(C)C)nc3c2ncn3C2CCCO2)cc1. The Morgan fingerprint density at radius 3 is 2.74 bits per heavy atom. The monoisotopic (exact) mass is 368 g/mol. The van der Waals surface area contributed by atoms with E-state index in [2.05, 4.69) is 15.3 Å². The fourth-order valence-electron chi connectivity index (χ4n) is 3.15. The quantitative estimate of drug-likeness (QED) is 0.717. The van der Waals surface area contributed by atoms with Gasteiger partial charge in [0.15, 0.2) is 17.0 Å². The third-order valence-electron chi connectivity index (χ3n) is 4.64. The first-order chi connectivity index (χ1) is 13.2. The molecule has 1 fully saturated rings. The molecule has 27 heavy (non-hydrogen) atoms. The minimum Gasteiger partial charge on any atom is -0.497 e. The van der Waals surface area contributed by atoms with Crippen LogP contribution in [0.25, 0.3) is 11.2 Å². The van der Waals surface area contributed by atoms with Crippen molar-refractivity contribution in [2.45, 2.75) is 25.6 Å². The molecule has 8 heteroatoms. The van der Waals surface area contributed by atoms with E-state index >= 15 is 0 Å². The predicted molar refractivity (Wildman–Crippen MR) is 104 cm³/mol. The molecule has 8 nitrogen and oxygen atoms in total. The third-order valence-corrected chi connectivity index (χ3v) is 4.64. The molecule has 1 aromatic carbocycles. The lowest BCUT2D eigenvalue weighted by molar-refractivity contribution is 0.0593. The van der Waals surface area contributed by atoms with Gasteiger partial charge in [-0.25, -0.2) is 4.98 Å². The van der Waals surface area contributed by atoms with Gasteiger partial charge in [-0.05, 0) is 30.5 Å². The van der Waals surface area contributed by atoms with Crippen LogP contribution < -0.4 is 15.0 Å². The van der Waals surface area contributed by atoms with Crippen LogP contribution in [0.1, 0.15) is 24.6 Å². The second kappa shape index (κ2) is 7.40. The summed E-state index contributed by atoms with van der Waals surface area (Å²) in [5.41, 5.74) is 2.68. The number of rotatable bonds is 6. The summed E-state index contributed by atoms with van der Waals surface area (Å²) in [6, 6.07) is 7.96. The number of methoxy groups -OCH3 is 1. The minimum absolute atomic E-state index is 0.00523. The normalized spacial score (nSPS) is 16.6.